The van der Waals surface area contributed by atoms with Crippen molar-refractivity contribution >= 4 is 12.4 Å². The first-order valence-electron chi connectivity index (χ1n) is 3.20. The monoisotopic (exact) mass is 150 g/mol. The van der Waals surface area contributed by atoms with Crippen molar-refractivity contribution in [3.8, 4) is 0 Å². The zero-order chi connectivity index (χ0) is 8.10. The van der Waals surface area contributed by atoms with Gasteiger partial charge in [0.05, 0.1) is 0 Å². The van der Waals surface area contributed by atoms with Crippen molar-refractivity contribution < 1.29 is 9.18 Å². The Balaban J connectivity index is 2.87. The van der Waals surface area contributed by atoms with E-state index in [1.54, 1.807) is 24.3 Å². The molecule has 0 atom stereocenters. The van der Waals surface area contributed by atoms with Crippen molar-refractivity contribution in [2.75, 3.05) is 0 Å². The highest BCUT2D eigenvalue weighted by atomic mass is 19.1. The molecule has 0 spiro atoms. The van der Waals surface area contributed by atoms with Crippen molar-refractivity contribution in [3.05, 3.63) is 41.7 Å². The van der Waals surface area contributed by atoms with Crippen molar-refractivity contribution in [3.63, 3.8) is 0 Å². The molecule has 0 aromatic heterocycles. The fraction of sp³-hybridized carbons (Fsp3) is 0. The summed E-state index contributed by atoms with van der Waals surface area (Å²) in [6, 6.07) is 8.84. The number of allylic oxidation sites excluding steroid dienone is 1. The van der Waals surface area contributed by atoms with E-state index in [0.717, 1.165) is 0 Å². The van der Waals surface area contributed by atoms with Crippen LogP contribution in [0.1, 0.15) is 5.56 Å². The molecule has 0 N–H and O–H groups in total. The van der Waals surface area contributed by atoms with Gasteiger partial charge in [-0.15, -0.1) is 0 Å². The van der Waals surface area contributed by atoms with Gasteiger partial charge in [-0.3, -0.25) is 4.79 Å². The minimum absolute atomic E-state index is 0.187. The van der Waals surface area contributed by atoms with Crippen LogP contribution in [0.3, 0.4) is 0 Å². The summed E-state index contributed by atoms with van der Waals surface area (Å²) in [4.78, 5) is 9.87. The molecular formula is C9H7FO. The molecule has 11 heavy (non-hydrogen) atoms. The molecule has 56 valence electrons. The fourth-order valence-corrected chi connectivity index (χ4v) is 0.743. The number of rotatable bonds is 2. The van der Waals surface area contributed by atoms with Gasteiger partial charge in [-0.05, 0) is 11.6 Å². The lowest BCUT2D eigenvalue weighted by molar-refractivity contribution is -0.106. The smallest absolute Gasteiger partial charge is 0.178 e. The predicted octanol–water partition coefficient (Wildman–Crippen LogP) is 2.20. The average molecular weight is 150 g/mol. The molecule has 2 heteroatoms. The fourth-order valence-electron chi connectivity index (χ4n) is 0.743. The zero-order valence-corrected chi connectivity index (χ0v) is 5.83. The van der Waals surface area contributed by atoms with E-state index in [2.05, 4.69) is 0 Å². The Bertz CT molecular complexity index is 264. The highest BCUT2D eigenvalue weighted by molar-refractivity contribution is 5.78. The first-order valence-corrected chi connectivity index (χ1v) is 3.20. The Kier molecular flexibility index (Phi) is 2.55. The summed E-state index contributed by atoms with van der Waals surface area (Å²) >= 11 is 0. The van der Waals surface area contributed by atoms with Gasteiger partial charge >= 0.3 is 0 Å². The molecule has 0 heterocycles. The maximum atomic E-state index is 12.3. The van der Waals surface area contributed by atoms with E-state index in [-0.39, 0.29) is 6.29 Å². The van der Waals surface area contributed by atoms with E-state index in [1.807, 2.05) is 6.07 Å². The van der Waals surface area contributed by atoms with E-state index in [1.165, 1.54) is 6.08 Å². The van der Waals surface area contributed by atoms with Crippen molar-refractivity contribution in [2.45, 2.75) is 0 Å². The third-order valence-electron chi connectivity index (χ3n) is 1.22. The number of aldehydes is 1. The van der Waals surface area contributed by atoms with Gasteiger partial charge in [0.2, 0.25) is 0 Å². The van der Waals surface area contributed by atoms with Gasteiger partial charge in [0, 0.05) is 0 Å². The van der Waals surface area contributed by atoms with Crippen LogP contribution in [0.25, 0.3) is 6.08 Å². The second-order valence-electron chi connectivity index (χ2n) is 2.06. The van der Waals surface area contributed by atoms with E-state index >= 15 is 0 Å². The normalized spacial score (nSPS) is 11.2. The summed E-state index contributed by atoms with van der Waals surface area (Å²) in [6.07, 6.45) is 1.37. The summed E-state index contributed by atoms with van der Waals surface area (Å²) in [5.41, 5.74) is 0.692. The van der Waals surface area contributed by atoms with Crippen LogP contribution in [0.5, 0.6) is 0 Å². The molecule has 0 unspecified atom stereocenters. The van der Waals surface area contributed by atoms with E-state index < -0.39 is 5.83 Å². The molecule has 0 saturated heterocycles. The highest BCUT2D eigenvalue weighted by Crippen LogP contribution is 2.04. The molecule has 0 saturated carbocycles. The van der Waals surface area contributed by atoms with Gasteiger partial charge in [0.15, 0.2) is 12.1 Å². The van der Waals surface area contributed by atoms with Crippen molar-refractivity contribution in [2.24, 2.45) is 0 Å². The molecule has 0 bridgehead atoms. The standard InChI is InChI=1S/C9H7FO/c10-9(7-11)6-8-4-2-1-3-5-8/h1-7H/b9-6+. The van der Waals surface area contributed by atoms with Crippen LogP contribution < -0.4 is 0 Å². The number of benzene rings is 1. The summed E-state index contributed by atoms with van der Waals surface area (Å²) in [7, 11) is 0. The summed E-state index contributed by atoms with van der Waals surface area (Å²) in [6.45, 7) is 0. The second-order valence-corrected chi connectivity index (χ2v) is 2.06. The largest absolute Gasteiger partial charge is 0.295 e. The van der Waals surface area contributed by atoms with E-state index in [0.29, 0.717) is 5.56 Å². The number of hydrogen-bond donors (Lipinski definition) is 0. The van der Waals surface area contributed by atoms with Gasteiger partial charge in [0.1, 0.15) is 0 Å². The summed E-state index contributed by atoms with van der Waals surface area (Å²) in [5.74, 6) is -0.754. The predicted molar refractivity (Wildman–Crippen MR) is 41.6 cm³/mol. The Morgan fingerprint density at radius 2 is 1.91 bits per heavy atom. The Morgan fingerprint density at radius 3 is 2.45 bits per heavy atom. The van der Waals surface area contributed by atoms with Gasteiger partial charge < -0.3 is 0 Å². The molecular weight excluding hydrogens is 143 g/mol. The summed E-state index contributed by atoms with van der Waals surface area (Å²) < 4.78 is 12.3. The maximum absolute atomic E-state index is 12.3. The van der Waals surface area contributed by atoms with Crippen LogP contribution in [-0.2, 0) is 4.79 Å². The molecule has 0 aliphatic heterocycles. The second kappa shape index (κ2) is 3.66. The third-order valence-corrected chi connectivity index (χ3v) is 1.22. The first kappa shape index (κ1) is 7.66. The average Bonchev–Trinajstić information content (AvgIpc) is 2.06. The number of hydrogen-bond acceptors (Lipinski definition) is 1. The van der Waals surface area contributed by atoms with Crippen LogP contribution in [0.15, 0.2) is 36.2 Å². The van der Waals surface area contributed by atoms with Crippen LogP contribution >= 0.6 is 0 Å². The van der Waals surface area contributed by atoms with E-state index in [9.17, 15) is 9.18 Å². The van der Waals surface area contributed by atoms with Crippen molar-refractivity contribution in [1.29, 1.82) is 0 Å². The maximum Gasteiger partial charge on any atom is 0.178 e. The quantitative estimate of drug-likeness (QED) is 0.466. The lowest BCUT2D eigenvalue weighted by Crippen LogP contribution is -1.74. The van der Waals surface area contributed by atoms with Gasteiger partial charge in [0.25, 0.3) is 0 Å². The lowest BCUT2D eigenvalue weighted by Gasteiger charge is -1.88. The molecule has 1 rings (SSSR count). The van der Waals surface area contributed by atoms with Gasteiger partial charge in [-0.1, -0.05) is 30.3 Å². The minimum atomic E-state index is -0.754. The van der Waals surface area contributed by atoms with Gasteiger partial charge in [-0.25, -0.2) is 4.39 Å². The van der Waals surface area contributed by atoms with Crippen LogP contribution in [-0.4, -0.2) is 6.29 Å². The van der Waals surface area contributed by atoms with Crippen LogP contribution in [0.4, 0.5) is 4.39 Å². The van der Waals surface area contributed by atoms with Crippen LogP contribution in [0.2, 0.25) is 0 Å². The third kappa shape index (κ3) is 2.34. The topological polar surface area (TPSA) is 17.1 Å². The SMILES string of the molecule is O=C/C(F)=C\c1ccccc1. The van der Waals surface area contributed by atoms with Crippen LogP contribution in [0, 0.1) is 0 Å². The Morgan fingerprint density at radius 1 is 1.27 bits per heavy atom. The molecule has 0 aliphatic rings. The summed E-state index contributed by atoms with van der Waals surface area (Å²) in [5, 5.41) is 0. The first-order chi connectivity index (χ1) is 5.33. The number of halogens is 1. The molecule has 0 aliphatic carbocycles. The Labute approximate surface area is 64.2 Å². The molecule has 1 nitrogen and oxygen atoms in total. The molecule has 1 aromatic rings. The lowest BCUT2D eigenvalue weighted by atomic mass is 10.2. The molecule has 0 amide bonds. The molecule has 0 radical (unpaired) electrons. The minimum Gasteiger partial charge on any atom is -0.295 e. The van der Waals surface area contributed by atoms with Gasteiger partial charge in [-0.2, -0.15) is 0 Å². The van der Waals surface area contributed by atoms with E-state index in [4.69, 9.17) is 0 Å². The number of carbonyl (C=O) groups excluding carboxylic acids is 1. The Hall–Kier alpha value is -1.44. The highest BCUT2D eigenvalue weighted by Gasteiger charge is 1.89. The van der Waals surface area contributed by atoms with Crippen molar-refractivity contribution in [1.82, 2.24) is 0 Å². The zero-order valence-electron chi connectivity index (χ0n) is 5.83. The number of carbonyl (C=O) groups is 1. The molecule has 0 fully saturated rings. The molecule has 1 aromatic carbocycles.